The summed E-state index contributed by atoms with van der Waals surface area (Å²) in [7, 11) is 0. The molecule has 6 nitrogen and oxygen atoms in total. The van der Waals surface area contributed by atoms with E-state index in [1.54, 1.807) is 17.5 Å². The Bertz CT molecular complexity index is 1070. The molecule has 0 spiro atoms. The third-order valence-electron chi connectivity index (χ3n) is 5.48. The number of aromatic nitrogens is 3. The van der Waals surface area contributed by atoms with Crippen LogP contribution in [-0.2, 0) is 17.9 Å². The second-order valence-electron chi connectivity index (χ2n) is 7.93. The number of hydrogen-bond donors (Lipinski definition) is 0. The summed E-state index contributed by atoms with van der Waals surface area (Å²) in [5.74, 6) is 0.976. The fourth-order valence-electron chi connectivity index (χ4n) is 4.46. The maximum Gasteiger partial charge on any atom is 0.291 e. The van der Waals surface area contributed by atoms with Crippen molar-refractivity contribution < 1.29 is 4.79 Å². The molecule has 1 fully saturated rings. The summed E-state index contributed by atoms with van der Waals surface area (Å²) < 4.78 is 4.48. The summed E-state index contributed by atoms with van der Waals surface area (Å²) in [5.41, 5.74) is 1.56. The number of carbonyl (C=O) groups is 1. The number of fused-ring (bicyclic) bond motifs is 3. The van der Waals surface area contributed by atoms with Crippen molar-refractivity contribution in [2.45, 2.75) is 47.2 Å². The number of hydrogen-bond acceptors (Lipinski definition) is 4. The lowest BCUT2D eigenvalue weighted by Crippen LogP contribution is -2.45. The Hall–Kier alpha value is -2.15. The van der Waals surface area contributed by atoms with Gasteiger partial charge in [-0.1, -0.05) is 13.8 Å². The molecular formula is C20H26N4O2S. The smallest absolute Gasteiger partial charge is 0.291 e. The Balaban J connectivity index is 1.72. The summed E-state index contributed by atoms with van der Waals surface area (Å²) in [4.78, 5) is 29.0. The molecule has 0 N–H and O–H groups in total. The zero-order valence-electron chi connectivity index (χ0n) is 16.4. The zero-order valence-corrected chi connectivity index (χ0v) is 17.2. The van der Waals surface area contributed by atoms with Gasteiger partial charge in [-0.2, -0.15) is 5.10 Å². The van der Waals surface area contributed by atoms with Crippen LogP contribution in [0.3, 0.4) is 0 Å². The van der Waals surface area contributed by atoms with E-state index in [9.17, 15) is 9.59 Å². The lowest BCUT2D eigenvalue weighted by Gasteiger charge is -2.35. The second kappa shape index (κ2) is 6.78. The first-order valence-corrected chi connectivity index (χ1v) is 10.5. The summed E-state index contributed by atoms with van der Waals surface area (Å²) in [6, 6.07) is 2.12. The molecule has 0 aromatic carbocycles. The number of amides is 1. The SMILES string of the molecule is CCn1c2cc(C)sc2c2cnn(CC(=O)N3C[C@@H](C)C[C@H](C)C3)c(=O)c21. The highest BCUT2D eigenvalue weighted by Crippen LogP contribution is 2.33. The van der Waals surface area contributed by atoms with Crippen LogP contribution in [0, 0.1) is 18.8 Å². The molecule has 0 aliphatic carbocycles. The van der Waals surface area contributed by atoms with Gasteiger partial charge in [0, 0.05) is 29.9 Å². The Morgan fingerprint density at radius 2 is 2.00 bits per heavy atom. The largest absolute Gasteiger partial charge is 0.341 e. The van der Waals surface area contributed by atoms with Crippen LogP contribution in [0.1, 0.15) is 32.1 Å². The van der Waals surface area contributed by atoms with E-state index in [1.807, 2.05) is 16.4 Å². The normalized spacial score (nSPS) is 20.7. The van der Waals surface area contributed by atoms with Gasteiger partial charge in [-0.15, -0.1) is 11.3 Å². The van der Waals surface area contributed by atoms with Gasteiger partial charge in [0.05, 0.1) is 16.4 Å². The van der Waals surface area contributed by atoms with Gasteiger partial charge in [0.2, 0.25) is 5.91 Å². The van der Waals surface area contributed by atoms with E-state index in [-0.39, 0.29) is 18.0 Å². The van der Waals surface area contributed by atoms with E-state index in [2.05, 4.69) is 31.9 Å². The first kappa shape index (κ1) is 18.2. The third-order valence-corrected chi connectivity index (χ3v) is 6.56. The van der Waals surface area contributed by atoms with Gasteiger partial charge in [-0.25, -0.2) is 4.68 Å². The molecule has 0 bridgehead atoms. The molecule has 3 aromatic heterocycles. The average molecular weight is 387 g/mol. The lowest BCUT2D eigenvalue weighted by molar-refractivity contribution is -0.134. The Labute approximate surface area is 162 Å². The molecule has 0 unspecified atom stereocenters. The number of likely N-dealkylation sites (tertiary alicyclic amines) is 1. The molecule has 0 saturated carbocycles. The highest BCUT2D eigenvalue weighted by atomic mass is 32.1. The number of rotatable bonds is 3. The van der Waals surface area contributed by atoms with Crippen LogP contribution in [0.25, 0.3) is 21.1 Å². The zero-order chi connectivity index (χ0) is 19.3. The second-order valence-corrected chi connectivity index (χ2v) is 9.19. The molecule has 1 aliphatic rings. The topological polar surface area (TPSA) is 60.1 Å². The summed E-state index contributed by atoms with van der Waals surface area (Å²) in [6.45, 7) is 10.7. The van der Waals surface area contributed by atoms with Crippen LogP contribution in [0.2, 0.25) is 0 Å². The summed E-state index contributed by atoms with van der Waals surface area (Å²) >= 11 is 1.69. The number of carbonyl (C=O) groups excluding carboxylic acids is 1. The predicted molar refractivity (Wildman–Crippen MR) is 109 cm³/mol. The van der Waals surface area contributed by atoms with Crippen molar-refractivity contribution in [1.29, 1.82) is 0 Å². The van der Waals surface area contributed by atoms with Crippen LogP contribution in [0.15, 0.2) is 17.1 Å². The fraction of sp³-hybridized carbons (Fsp3) is 0.550. The molecule has 144 valence electrons. The first-order chi connectivity index (χ1) is 12.9. The minimum Gasteiger partial charge on any atom is -0.341 e. The number of thiophene rings is 1. The molecule has 2 atom stereocenters. The maximum atomic E-state index is 13.1. The highest BCUT2D eigenvalue weighted by Gasteiger charge is 2.26. The lowest BCUT2D eigenvalue weighted by atomic mass is 9.92. The first-order valence-electron chi connectivity index (χ1n) is 9.65. The minimum atomic E-state index is -0.179. The van der Waals surface area contributed by atoms with E-state index in [0.29, 0.717) is 23.9 Å². The quantitative estimate of drug-likeness (QED) is 0.694. The molecular weight excluding hydrogens is 360 g/mol. The highest BCUT2D eigenvalue weighted by molar-refractivity contribution is 7.20. The Kier molecular flexibility index (Phi) is 4.58. The molecule has 3 aromatic rings. The summed E-state index contributed by atoms with van der Waals surface area (Å²) in [5, 5.41) is 5.22. The van der Waals surface area contributed by atoms with Gasteiger partial charge in [-0.3, -0.25) is 9.59 Å². The van der Waals surface area contributed by atoms with Crippen molar-refractivity contribution in [2.24, 2.45) is 11.8 Å². The van der Waals surface area contributed by atoms with Gasteiger partial charge in [0.25, 0.3) is 5.56 Å². The Morgan fingerprint density at radius 3 is 2.67 bits per heavy atom. The van der Waals surface area contributed by atoms with Gasteiger partial charge >= 0.3 is 0 Å². The molecule has 7 heteroatoms. The van der Waals surface area contributed by atoms with Crippen molar-refractivity contribution >= 4 is 38.4 Å². The van der Waals surface area contributed by atoms with Crippen LogP contribution in [0.5, 0.6) is 0 Å². The molecule has 1 aliphatic heterocycles. The van der Waals surface area contributed by atoms with E-state index < -0.39 is 0 Å². The predicted octanol–water partition coefficient (Wildman–Crippen LogP) is 3.25. The number of nitrogens with zero attached hydrogens (tertiary/aromatic N) is 4. The van der Waals surface area contributed by atoms with Crippen molar-refractivity contribution in [3.8, 4) is 0 Å². The van der Waals surface area contributed by atoms with Gasteiger partial charge in [-0.05, 0) is 38.2 Å². The molecule has 0 radical (unpaired) electrons. The third kappa shape index (κ3) is 3.08. The van der Waals surface area contributed by atoms with E-state index >= 15 is 0 Å². The molecule has 4 heterocycles. The van der Waals surface area contributed by atoms with Crippen molar-refractivity contribution in [3.05, 3.63) is 27.5 Å². The van der Waals surface area contributed by atoms with Crippen molar-refractivity contribution in [1.82, 2.24) is 19.2 Å². The van der Waals surface area contributed by atoms with E-state index in [1.165, 1.54) is 9.56 Å². The number of aryl methyl sites for hydroxylation is 2. The standard InChI is InChI=1S/C20H26N4O2S/c1-5-23-16-7-14(4)27-19(16)15-8-21-24(20(26)18(15)23)11-17(25)22-9-12(2)6-13(3)10-22/h7-8,12-13H,5-6,9-11H2,1-4H3/t12-,13-/m0/s1. The molecule has 27 heavy (non-hydrogen) atoms. The van der Waals surface area contributed by atoms with Crippen LogP contribution in [-0.4, -0.2) is 38.2 Å². The van der Waals surface area contributed by atoms with E-state index in [0.717, 1.165) is 35.1 Å². The Morgan fingerprint density at radius 1 is 1.30 bits per heavy atom. The molecule has 4 rings (SSSR count). The van der Waals surface area contributed by atoms with Gasteiger partial charge < -0.3 is 9.47 Å². The van der Waals surface area contributed by atoms with Crippen molar-refractivity contribution in [3.63, 3.8) is 0 Å². The van der Waals surface area contributed by atoms with E-state index in [4.69, 9.17) is 0 Å². The minimum absolute atomic E-state index is 0.00971. The van der Waals surface area contributed by atoms with Crippen LogP contribution in [0.4, 0.5) is 0 Å². The van der Waals surface area contributed by atoms with Gasteiger partial charge in [0.15, 0.2) is 0 Å². The van der Waals surface area contributed by atoms with Crippen LogP contribution < -0.4 is 5.56 Å². The molecule has 1 amide bonds. The fourth-order valence-corrected chi connectivity index (χ4v) is 5.48. The summed E-state index contributed by atoms with van der Waals surface area (Å²) in [6.07, 6.45) is 2.89. The van der Waals surface area contributed by atoms with Crippen molar-refractivity contribution in [2.75, 3.05) is 13.1 Å². The average Bonchev–Trinajstić information content (AvgIpc) is 3.11. The monoisotopic (exact) mass is 386 g/mol. The number of piperidine rings is 1. The molecule has 1 saturated heterocycles. The van der Waals surface area contributed by atoms with Gasteiger partial charge in [0.1, 0.15) is 12.1 Å². The van der Waals surface area contributed by atoms with Crippen LogP contribution >= 0.6 is 11.3 Å². The maximum absolute atomic E-state index is 13.1.